The Bertz CT molecular complexity index is 81.6. The van der Waals surface area contributed by atoms with Gasteiger partial charge in [0, 0.05) is 13.0 Å². The van der Waals surface area contributed by atoms with Gasteiger partial charge in [-0.05, 0) is 20.3 Å². The quantitative estimate of drug-likeness (QED) is 0.585. The molecule has 0 saturated carbocycles. The zero-order chi connectivity index (χ0) is 8.69. The van der Waals surface area contributed by atoms with E-state index in [4.69, 9.17) is 4.74 Å². The van der Waals surface area contributed by atoms with Crippen molar-refractivity contribution in [2.45, 2.75) is 52.2 Å². The lowest BCUT2D eigenvalue weighted by Crippen LogP contribution is -2.11. The van der Waals surface area contributed by atoms with Gasteiger partial charge in [0.15, 0.2) is 0 Å². The molecule has 0 aromatic carbocycles. The number of hydrogen-bond acceptors (Lipinski definition) is 1. The van der Waals surface area contributed by atoms with E-state index < -0.39 is 6.10 Å². The van der Waals surface area contributed by atoms with Crippen LogP contribution < -0.4 is 0 Å². The molecular formula is C9H19O2. The van der Waals surface area contributed by atoms with Crippen molar-refractivity contribution in [3.8, 4) is 0 Å². The largest absolute Gasteiger partial charge is 0.379 e. The van der Waals surface area contributed by atoms with Crippen LogP contribution in [0.2, 0.25) is 0 Å². The highest BCUT2D eigenvalue weighted by Gasteiger charge is 2.04. The van der Waals surface area contributed by atoms with E-state index >= 15 is 0 Å². The fraction of sp³-hybridized carbons (Fsp3) is 1.00. The minimum Gasteiger partial charge on any atom is -0.379 e. The van der Waals surface area contributed by atoms with Crippen LogP contribution in [-0.2, 0) is 9.84 Å². The van der Waals surface area contributed by atoms with Crippen LogP contribution in [0.15, 0.2) is 0 Å². The molecule has 2 nitrogen and oxygen atoms in total. The minimum absolute atomic E-state index is 0.254. The minimum atomic E-state index is -0.418. The lowest BCUT2D eigenvalue weighted by atomic mass is 10.1. The first-order valence-corrected chi connectivity index (χ1v) is 4.44. The van der Waals surface area contributed by atoms with Crippen molar-refractivity contribution < 1.29 is 9.84 Å². The highest BCUT2D eigenvalue weighted by atomic mass is 16.5. The van der Waals surface area contributed by atoms with Gasteiger partial charge in [-0.25, -0.2) is 5.11 Å². The lowest BCUT2D eigenvalue weighted by molar-refractivity contribution is 0.0174. The summed E-state index contributed by atoms with van der Waals surface area (Å²) in [5.41, 5.74) is 0. The first-order valence-electron chi connectivity index (χ1n) is 4.44. The summed E-state index contributed by atoms with van der Waals surface area (Å²) in [5.74, 6) is 0. The molecule has 0 aromatic rings. The Hall–Kier alpha value is -0.0800. The van der Waals surface area contributed by atoms with E-state index in [2.05, 4.69) is 0 Å². The van der Waals surface area contributed by atoms with Crippen LogP contribution in [0.25, 0.3) is 0 Å². The van der Waals surface area contributed by atoms with Gasteiger partial charge in [0.05, 0.1) is 12.2 Å². The van der Waals surface area contributed by atoms with Crippen LogP contribution in [0.4, 0.5) is 0 Å². The van der Waals surface area contributed by atoms with E-state index in [1.165, 1.54) is 0 Å². The maximum Gasteiger partial charge on any atom is 0.0951 e. The summed E-state index contributed by atoms with van der Waals surface area (Å²) in [7, 11) is 0. The first kappa shape index (κ1) is 10.9. The number of rotatable bonds is 6. The summed E-state index contributed by atoms with van der Waals surface area (Å²) < 4.78 is 5.26. The van der Waals surface area contributed by atoms with Gasteiger partial charge in [-0.3, -0.25) is 0 Å². The smallest absolute Gasteiger partial charge is 0.0951 e. The van der Waals surface area contributed by atoms with E-state index in [1.54, 1.807) is 0 Å². The molecule has 0 amide bonds. The van der Waals surface area contributed by atoms with Gasteiger partial charge in [0.25, 0.3) is 0 Å². The fourth-order valence-electron chi connectivity index (χ4n) is 0.902. The summed E-state index contributed by atoms with van der Waals surface area (Å²) in [6, 6.07) is 0. The van der Waals surface area contributed by atoms with Crippen molar-refractivity contribution in [3.05, 3.63) is 0 Å². The average Bonchev–Trinajstić information content (AvgIpc) is 1.87. The molecule has 0 saturated heterocycles. The van der Waals surface area contributed by atoms with E-state index in [-0.39, 0.29) is 6.10 Å². The highest BCUT2D eigenvalue weighted by molar-refractivity contribution is 4.53. The van der Waals surface area contributed by atoms with E-state index in [0.29, 0.717) is 13.0 Å². The Kier molecular flexibility index (Phi) is 6.57. The predicted octanol–water partition coefficient (Wildman–Crippen LogP) is 2.40. The molecule has 0 spiro atoms. The van der Waals surface area contributed by atoms with E-state index in [9.17, 15) is 5.11 Å². The standard InChI is InChI=1S/C9H19O2/c1-4-5-9(10)6-7-11-8(2)3/h8-9H,4-7H2,1-3H3. The van der Waals surface area contributed by atoms with Gasteiger partial charge in [-0.15, -0.1) is 0 Å². The highest BCUT2D eigenvalue weighted by Crippen LogP contribution is 2.02. The van der Waals surface area contributed by atoms with Gasteiger partial charge >= 0.3 is 0 Å². The van der Waals surface area contributed by atoms with Crippen LogP contribution in [0.1, 0.15) is 40.0 Å². The second kappa shape index (κ2) is 6.62. The Morgan fingerprint density at radius 1 is 1.27 bits per heavy atom. The second-order valence-corrected chi connectivity index (χ2v) is 3.12. The molecule has 0 aliphatic carbocycles. The molecule has 0 N–H and O–H groups in total. The van der Waals surface area contributed by atoms with Crippen LogP contribution in [0, 0.1) is 0 Å². The van der Waals surface area contributed by atoms with E-state index in [1.807, 2.05) is 20.8 Å². The van der Waals surface area contributed by atoms with Crippen molar-refractivity contribution in [1.82, 2.24) is 0 Å². The van der Waals surface area contributed by atoms with Gasteiger partial charge < -0.3 is 4.74 Å². The molecule has 0 heterocycles. The van der Waals surface area contributed by atoms with Gasteiger partial charge in [-0.1, -0.05) is 13.3 Å². The first-order chi connectivity index (χ1) is 5.16. The van der Waals surface area contributed by atoms with Crippen molar-refractivity contribution >= 4 is 0 Å². The molecule has 0 aromatic heterocycles. The number of hydrogen-bond donors (Lipinski definition) is 0. The topological polar surface area (TPSA) is 29.1 Å². The maximum absolute atomic E-state index is 11.0. The van der Waals surface area contributed by atoms with E-state index in [0.717, 1.165) is 12.8 Å². The molecule has 1 atom stereocenters. The molecule has 67 valence electrons. The summed E-state index contributed by atoms with van der Waals surface area (Å²) in [4.78, 5) is 0. The Labute approximate surface area is 69.6 Å². The van der Waals surface area contributed by atoms with Crippen molar-refractivity contribution in [2.24, 2.45) is 0 Å². The summed E-state index contributed by atoms with van der Waals surface area (Å²) in [6.07, 6.45) is 2.26. The third-order valence-electron chi connectivity index (χ3n) is 1.50. The molecule has 1 radical (unpaired) electrons. The monoisotopic (exact) mass is 159 g/mol. The molecule has 0 aliphatic heterocycles. The predicted molar refractivity (Wildman–Crippen MR) is 45.1 cm³/mol. The molecule has 1 unspecified atom stereocenters. The molecule has 2 heteroatoms. The van der Waals surface area contributed by atoms with Crippen LogP contribution in [0.5, 0.6) is 0 Å². The third kappa shape index (κ3) is 7.82. The van der Waals surface area contributed by atoms with Gasteiger partial charge in [-0.2, -0.15) is 0 Å². The Balaban J connectivity index is 3.10. The van der Waals surface area contributed by atoms with Crippen LogP contribution >= 0.6 is 0 Å². The molecule has 0 bridgehead atoms. The number of ether oxygens (including phenoxy) is 1. The van der Waals surface area contributed by atoms with Crippen molar-refractivity contribution in [2.75, 3.05) is 6.61 Å². The maximum atomic E-state index is 11.0. The van der Waals surface area contributed by atoms with Crippen LogP contribution in [-0.4, -0.2) is 18.8 Å². The SMILES string of the molecule is CCCC([O])CCOC(C)C. The molecular weight excluding hydrogens is 140 g/mol. The summed E-state index contributed by atoms with van der Waals surface area (Å²) >= 11 is 0. The molecule has 0 rings (SSSR count). The molecule has 0 aliphatic rings. The normalized spacial score (nSPS) is 13.9. The van der Waals surface area contributed by atoms with Crippen molar-refractivity contribution in [3.63, 3.8) is 0 Å². The Morgan fingerprint density at radius 2 is 1.91 bits per heavy atom. The molecule has 0 fully saturated rings. The summed E-state index contributed by atoms with van der Waals surface area (Å²) in [5, 5.41) is 11.0. The lowest BCUT2D eigenvalue weighted by Gasteiger charge is -2.09. The third-order valence-corrected chi connectivity index (χ3v) is 1.50. The Morgan fingerprint density at radius 3 is 2.36 bits per heavy atom. The zero-order valence-corrected chi connectivity index (χ0v) is 7.80. The summed E-state index contributed by atoms with van der Waals surface area (Å²) in [6.45, 7) is 6.62. The van der Waals surface area contributed by atoms with Crippen LogP contribution in [0.3, 0.4) is 0 Å². The average molecular weight is 159 g/mol. The van der Waals surface area contributed by atoms with Crippen molar-refractivity contribution in [1.29, 1.82) is 0 Å². The molecule has 11 heavy (non-hydrogen) atoms. The van der Waals surface area contributed by atoms with Gasteiger partial charge in [0.1, 0.15) is 0 Å². The zero-order valence-electron chi connectivity index (χ0n) is 7.80. The van der Waals surface area contributed by atoms with Gasteiger partial charge in [0.2, 0.25) is 0 Å². The fourth-order valence-corrected chi connectivity index (χ4v) is 0.902. The second-order valence-electron chi connectivity index (χ2n) is 3.12.